The fourth-order valence-corrected chi connectivity index (χ4v) is 1.53. The second-order valence-corrected chi connectivity index (χ2v) is 5.06. The van der Waals surface area contributed by atoms with Gasteiger partial charge in [-0.3, -0.25) is 4.79 Å². The molecule has 0 bridgehead atoms. The van der Waals surface area contributed by atoms with E-state index in [9.17, 15) is 4.79 Å². The van der Waals surface area contributed by atoms with Gasteiger partial charge in [0, 0.05) is 17.1 Å². The van der Waals surface area contributed by atoms with Gasteiger partial charge in [-0.25, -0.2) is 0 Å². The van der Waals surface area contributed by atoms with Crippen LogP contribution in [-0.2, 0) is 4.79 Å². The summed E-state index contributed by atoms with van der Waals surface area (Å²) >= 11 is 3.35. The summed E-state index contributed by atoms with van der Waals surface area (Å²) in [4.78, 5) is 11.8. The van der Waals surface area contributed by atoms with Crippen molar-refractivity contribution < 1.29 is 9.53 Å². The molecule has 1 aromatic carbocycles. The van der Waals surface area contributed by atoms with Gasteiger partial charge in [-0.05, 0) is 45.2 Å². The third kappa shape index (κ3) is 6.80. The van der Waals surface area contributed by atoms with E-state index in [-0.39, 0.29) is 24.4 Å². The maximum Gasteiger partial charge on any atom is 0.260 e. The number of hydrogen-bond acceptors (Lipinski definition) is 3. The van der Waals surface area contributed by atoms with Crippen LogP contribution in [0.3, 0.4) is 0 Å². The van der Waals surface area contributed by atoms with Gasteiger partial charge in [0.1, 0.15) is 5.75 Å². The van der Waals surface area contributed by atoms with Crippen molar-refractivity contribution in [3.63, 3.8) is 0 Å². The van der Waals surface area contributed by atoms with E-state index in [0.717, 1.165) is 4.47 Å². The molecule has 0 saturated heterocycles. The highest BCUT2D eigenvalue weighted by Crippen LogP contribution is 2.17. The molecule has 1 aromatic rings. The number of carbonyl (C=O) groups excluding carboxylic acids is 1. The quantitative estimate of drug-likeness (QED) is 0.827. The Morgan fingerprint density at radius 1 is 1.32 bits per heavy atom. The zero-order valence-corrected chi connectivity index (χ0v) is 13.7. The van der Waals surface area contributed by atoms with Gasteiger partial charge in [-0.2, -0.15) is 0 Å². The van der Waals surface area contributed by atoms with E-state index in [0.29, 0.717) is 12.3 Å². The summed E-state index contributed by atoms with van der Waals surface area (Å²) in [6.45, 7) is 4.32. The van der Waals surface area contributed by atoms with E-state index < -0.39 is 6.10 Å². The topological polar surface area (TPSA) is 50.4 Å². The molecule has 2 unspecified atom stereocenters. The lowest BCUT2D eigenvalue weighted by molar-refractivity contribution is -0.127. The lowest BCUT2D eigenvalue weighted by atomic mass is 10.3. The van der Waals surface area contributed by atoms with Gasteiger partial charge >= 0.3 is 0 Å². The first-order valence-electron chi connectivity index (χ1n) is 5.90. The molecule has 0 aliphatic carbocycles. The lowest BCUT2D eigenvalue weighted by Crippen LogP contribution is -2.42. The SMILES string of the molecule is CNC(C)CNC(=O)C(C)Oc1ccc(Br)cc1.Cl. The van der Waals surface area contributed by atoms with E-state index in [1.807, 2.05) is 38.2 Å². The molecular weight excluding hydrogens is 332 g/mol. The lowest BCUT2D eigenvalue weighted by Gasteiger charge is -2.16. The Morgan fingerprint density at radius 3 is 2.42 bits per heavy atom. The van der Waals surface area contributed by atoms with Crippen molar-refractivity contribution in [1.29, 1.82) is 0 Å². The number of ether oxygens (including phenoxy) is 1. The third-order valence-electron chi connectivity index (χ3n) is 2.57. The molecular formula is C13H20BrClN2O2. The van der Waals surface area contributed by atoms with Crippen LogP contribution in [0.2, 0.25) is 0 Å². The van der Waals surface area contributed by atoms with Crippen LogP contribution in [0.5, 0.6) is 5.75 Å². The Hall–Kier alpha value is -0.780. The fourth-order valence-electron chi connectivity index (χ4n) is 1.27. The fraction of sp³-hybridized carbons (Fsp3) is 0.462. The van der Waals surface area contributed by atoms with Crippen LogP contribution in [0.25, 0.3) is 0 Å². The van der Waals surface area contributed by atoms with Crippen molar-refractivity contribution in [3.05, 3.63) is 28.7 Å². The van der Waals surface area contributed by atoms with Crippen LogP contribution < -0.4 is 15.4 Å². The second-order valence-electron chi connectivity index (χ2n) is 4.15. The monoisotopic (exact) mass is 350 g/mol. The molecule has 0 aliphatic rings. The summed E-state index contributed by atoms with van der Waals surface area (Å²) < 4.78 is 6.53. The summed E-state index contributed by atoms with van der Waals surface area (Å²) in [5.41, 5.74) is 0. The number of carbonyl (C=O) groups is 1. The van der Waals surface area contributed by atoms with Crippen molar-refractivity contribution in [3.8, 4) is 5.75 Å². The molecule has 0 saturated carbocycles. The summed E-state index contributed by atoms with van der Waals surface area (Å²) in [7, 11) is 1.86. The highest BCUT2D eigenvalue weighted by molar-refractivity contribution is 9.10. The zero-order valence-electron chi connectivity index (χ0n) is 11.3. The molecule has 0 radical (unpaired) electrons. The van der Waals surface area contributed by atoms with E-state index >= 15 is 0 Å². The van der Waals surface area contributed by atoms with E-state index in [1.54, 1.807) is 6.92 Å². The van der Waals surface area contributed by atoms with Crippen molar-refractivity contribution in [1.82, 2.24) is 10.6 Å². The van der Waals surface area contributed by atoms with Gasteiger partial charge in [-0.15, -0.1) is 12.4 Å². The second kappa shape index (κ2) is 9.18. The Morgan fingerprint density at radius 2 is 1.89 bits per heavy atom. The number of halogens is 2. The normalized spacial score (nSPS) is 13.1. The third-order valence-corrected chi connectivity index (χ3v) is 3.10. The van der Waals surface area contributed by atoms with Crippen molar-refractivity contribution >= 4 is 34.2 Å². The molecule has 19 heavy (non-hydrogen) atoms. The van der Waals surface area contributed by atoms with E-state index in [1.165, 1.54) is 0 Å². The van der Waals surface area contributed by atoms with Crippen molar-refractivity contribution in [2.75, 3.05) is 13.6 Å². The minimum absolute atomic E-state index is 0. The Kier molecular flexibility index (Phi) is 8.80. The molecule has 0 fully saturated rings. The predicted molar refractivity (Wildman–Crippen MR) is 83.0 cm³/mol. The maximum absolute atomic E-state index is 11.8. The number of amides is 1. The highest BCUT2D eigenvalue weighted by atomic mass is 79.9. The van der Waals surface area contributed by atoms with Crippen LogP contribution in [0.4, 0.5) is 0 Å². The average Bonchev–Trinajstić information content (AvgIpc) is 2.38. The minimum Gasteiger partial charge on any atom is -0.481 e. The Labute approximate surface area is 128 Å². The molecule has 0 aliphatic heterocycles. The van der Waals surface area contributed by atoms with E-state index in [4.69, 9.17) is 4.74 Å². The Balaban J connectivity index is 0.00000324. The molecule has 0 spiro atoms. The Bertz CT molecular complexity index is 387. The molecule has 0 aromatic heterocycles. The highest BCUT2D eigenvalue weighted by Gasteiger charge is 2.14. The molecule has 1 amide bonds. The molecule has 108 valence electrons. The molecule has 1 rings (SSSR count). The number of rotatable bonds is 6. The smallest absolute Gasteiger partial charge is 0.260 e. The maximum atomic E-state index is 11.8. The van der Waals surface area contributed by atoms with E-state index in [2.05, 4.69) is 26.6 Å². The first-order chi connectivity index (χ1) is 8.52. The number of benzene rings is 1. The van der Waals surface area contributed by atoms with Gasteiger partial charge in [0.25, 0.3) is 5.91 Å². The largest absolute Gasteiger partial charge is 0.481 e. The van der Waals surface area contributed by atoms with Crippen LogP contribution in [0.15, 0.2) is 28.7 Å². The average molecular weight is 352 g/mol. The summed E-state index contributed by atoms with van der Waals surface area (Å²) in [5.74, 6) is 0.572. The number of hydrogen-bond donors (Lipinski definition) is 2. The molecule has 2 atom stereocenters. The standard InChI is InChI=1S/C13H19BrN2O2.ClH/c1-9(15-3)8-16-13(17)10(2)18-12-6-4-11(14)5-7-12;/h4-7,9-10,15H,8H2,1-3H3,(H,16,17);1H. The summed E-state index contributed by atoms with van der Waals surface area (Å²) in [6.07, 6.45) is -0.504. The molecule has 0 heterocycles. The molecule has 6 heteroatoms. The van der Waals surface area contributed by atoms with Crippen molar-refractivity contribution in [2.24, 2.45) is 0 Å². The number of nitrogens with one attached hydrogen (secondary N) is 2. The van der Waals surface area contributed by atoms with Gasteiger partial charge < -0.3 is 15.4 Å². The first kappa shape index (κ1) is 18.2. The van der Waals surface area contributed by atoms with Gasteiger partial charge in [0.05, 0.1) is 0 Å². The van der Waals surface area contributed by atoms with Gasteiger partial charge in [0.2, 0.25) is 0 Å². The summed E-state index contributed by atoms with van der Waals surface area (Å²) in [6, 6.07) is 7.65. The summed E-state index contributed by atoms with van der Waals surface area (Å²) in [5, 5.41) is 5.88. The first-order valence-corrected chi connectivity index (χ1v) is 6.69. The number of likely N-dealkylation sites (N-methyl/N-ethyl adjacent to an activating group) is 1. The molecule has 2 N–H and O–H groups in total. The molecule has 4 nitrogen and oxygen atoms in total. The predicted octanol–water partition coefficient (Wildman–Crippen LogP) is 2.36. The van der Waals surface area contributed by atoms with Crippen molar-refractivity contribution in [2.45, 2.75) is 26.0 Å². The van der Waals surface area contributed by atoms with Gasteiger partial charge in [0.15, 0.2) is 6.10 Å². The van der Waals surface area contributed by atoms with Crippen LogP contribution >= 0.6 is 28.3 Å². The van der Waals surface area contributed by atoms with Crippen LogP contribution in [0, 0.1) is 0 Å². The van der Waals surface area contributed by atoms with Gasteiger partial charge in [-0.1, -0.05) is 15.9 Å². The zero-order chi connectivity index (χ0) is 13.5. The minimum atomic E-state index is -0.504. The van der Waals surface area contributed by atoms with Crippen LogP contribution in [0.1, 0.15) is 13.8 Å². The van der Waals surface area contributed by atoms with Crippen LogP contribution in [-0.4, -0.2) is 31.6 Å².